The van der Waals surface area contributed by atoms with Crippen molar-refractivity contribution in [1.29, 1.82) is 0 Å². The van der Waals surface area contributed by atoms with E-state index in [1.54, 1.807) is 0 Å². The summed E-state index contributed by atoms with van der Waals surface area (Å²) in [5.74, 6) is 0. The molecular weight excluding hydrogens is 742 g/mol. The summed E-state index contributed by atoms with van der Waals surface area (Å²) in [7, 11) is 0. The summed E-state index contributed by atoms with van der Waals surface area (Å²) in [5, 5.41) is 5.35. The van der Waals surface area contributed by atoms with Gasteiger partial charge in [0.15, 0.2) is 0 Å². The third kappa shape index (κ3) is 4.82. The van der Waals surface area contributed by atoms with Crippen LogP contribution in [0, 0.1) is 0 Å². The summed E-state index contributed by atoms with van der Waals surface area (Å²) in [5.41, 5.74) is 22.4. The molecule has 0 saturated carbocycles. The van der Waals surface area contributed by atoms with Crippen molar-refractivity contribution in [2.24, 2.45) is 0 Å². The second kappa shape index (κ2) is 11.8. The van der Waals surface area contributed by atoms with Gasteiger partial charge in [-0.3, -0.25) is 0 Å². The molecule has 60 heavy (non-hydrogen) atoms. The van der Waals surface area contributed by atoms with Crippen molar-refractivity contribution in [3.63, 3.8) is 0 Å². The van der Waals surface area contributed by atoms with E-state index < -0.39 is 0 Å². The number of nitrogens with zero attached hydrogens (tertiary/aromatic N) is 2. The molecule has 0 unspecified atom stereocenters. The first-order valence-corrected chi connectivity index (χ1v) is 22.9. The molecule has 0 amide bonds. The number of hydrogen-bond acceptors (Lipinski definition) is 2. The van der Waals surface area contributed by atoms with Crippen molar-refractivity contribution in [1.82, 2.24) is 4.57 Å². The standard InChI is InChI=1S/C55H52B2N2S/c1-30(2)58-45-21-16-31-14-12-13-15-35(31)49(45)40-28-38-39-24-34(55(9,10)11)27-44-51(39)59-52-37(36-19-17-32(53(3,4)5)25-41(36)57(59)42(38)29-46(40)58)20-23-48-50(52)56(44)43-26-33(54(6,7)8)18-22-47(43)60-48/h12-30H,1-11H3. The van der Waals surface area contributed by atoms with Gasteiger partial charge in [0.25, 0.3) is 0 Å². The summed E-state index contributed by atoms with van der Waals surface area (Å²) in [4.78, 5) is 5.61. The molecule has 0 N–H and O–H groups in total. The van der Waals surface area contributed by atoms with E-state index in [1.165, 1.54) is 120 Å². The Kier molecular flexibility index (Phi) is 7.23. The third-order valence-electron chi connectivity index (χ3n) is 14.4. The molecule has 0 saturated heterocycles. The Morgan fingerprint density at radius 3 is 1.88 bits per heavy atom. The zero-order chi connectivity index (χ0) is 41.5. The Hall–Kier alpha value is -5.12. The van der Waals surface area contributed by atoms with Gasteiger partial charge in [-0.05, 0) is 127 Å². The first kappa shape index (κ1) is 36.7. The fourth-order valence-electron chi connectivity index (χ4n) is 11.4. The van der Waals surface area contributed by atoms with Crippen LogP contribution in [0.3, 0.4) is 0 Å². The van der Waals surface area contributed by atoms with Crippen LogP contribution in [0.25, 0.3) is 54.8 Å². The number of hydrogen-bond donors (Lipinski definition) is 0. The van der Waals surface area contributed by atoms with E-state index in [2.05, 4.69) is 195 Å². The molecule has 4 aliphatic rings. The molecule has 7 aromatic carbocycles. The third-order valence-corrected chi connectivity index (χ3v) is 15.6. The molecule has 2 nitrogen and oxygen atoms in total. The van der Waals surface area contributed by atoms with E-state index in [4.69, 9.17) is 0 Å². The SMILES string of the molecule is CC(C)n1c2cc3c(cc2c2c4ccccc4ccc21)-c1cc(C(C)(C)C)cc2c1N1B3c3cc(C(C)(C)C)ccc3-c3ccc4c(c31)B2c1cc(C(C)(C)C)ccc1S4. The molecule has 0 spiro atoms. The van der Waals surface area contributed by atoms with Gasteiger partial charge in [0.1, 0.15) is 0 Å². The predicted octanol–water partition coefficient (Wildman–Crippen LogP) is 11.6. The lowest BCUT2D eigenvalue weighted by molar-refractivity contribution is 0.590. The van der Waals surface area contributed by atoms with Crippen LogP contribution in [-0.4, -0.2) is 18.1 Å². The maximum absolute atomic E-state index is 2.83. The molecule has 294 valence electrons. The van der Waals surface area contributed by atoms with Crippen LogP contribution in [0.15, 0.2) is 119 Å². The average Bonchev–Trinajstić information content (AvgIpc) is 3.54. The fourth-order valence-corrected chi connectivity index (χ4v) is 12.5. The lowest BCUT2D eigenvalue weighted by atomic mass is 9.31. The molecule has 0 bridgehead atoms. The zero-order valence-electron chi connectivity index (χ0n) is 36.9. The molecule has 0 fully saturated rings. The van der Waals surface area contributed by atoms with Crippen molar-refractivity contribution in [2.45, 2.75) is 108 Å². The van der Waals surface area contributed by atoms with Gasteiger partial charge in [0, 0.05) is 60.1 Å². The molecule has 8 aromatic rings. The van der Waals surface area contributed by atoms with Gasteiger partial charge in [-0.15, -0.1) is 0 Å². The largest absolute Gasteiger partial charge is 0.377 e. The molecular formula is C55H52B2N2S. The topological polar surface area (TPSA) is 8.17 Å². The Balaban J connectivity index is 1.28. The Morgan fingerprint density at radius 1 is 0.500 bits per heavy atom. The van der Waals surface area contributed by atoms with Gasteiger partial charge in [-0.25, -0.2) is 0 Å². The summed E-state index contributed by atoms with van der Waals surface area (Å²) >= 11 is 1.98. The van der Waals surface area contributed by atoms with Crippen LogP contribution in [0.2, 0.25) is 0 Å². The Morgan fingerprint density at radius 2 is 1.15 bits per heavy atom. The van der Waals surface area contributed by atoms with Crippen molar-refractivity contribution in [3.8, 4) is 22.3 Å². The highest BCUT2D eigenvalue weighted by Gasteiger charge is 2.52. The summed E-state index contributed by atoms with van der Waals surface area (Å²) in [6, 6.07) is 44.1. The lowest BCUT2D eigenvalue weighted by Gasteiger charge is -2.51. The van der Waals surface area contributed by atoms with E-state index in [1.807, 2.05) is 11.8 Å². The highest BCUT2D eigenvalue weighted by atomic mass is 32.2. The number of aromatic nitrogens is 1. The Bertz CT molecular complexity index is 3240. The number of benzene rings is 7. The van der Waals surface area contributed by atoms with E-state index in [0.717, 1.165) is 0 Å². The van der Waals surface area contributed by atoms with Crippen molar-refractivity contribution < 1.29 is 0 Å². The minimum Gasteiger partial charge on any atom is -0.377 e. The van der Waals surface area contributed by atoms with Gasteiger partial charge in [0.2, 0.25) is 6.71 Å². The van der Waals surface area contributed by atoms with Gasteiger partial charge in [-0.1, -0.05) is 152 Å². The minimum atomic E-state index is -0.0446. The maximum Gasteiger partial charge on any atom is 0.329 e. The monoisotopic (exact) mass is 794 g/mol. The molecule has 1 aromatic heterocycles. The van der Waals surface area contributed by atoms with Crippen molar-refractivity contribution in [3.05, 3.63) is 126 Å². The molecule has 0 radical (unpaired) electrons. The summed E-state index contributed by atoms with van der Waals surface area (Å²) in [6.45, 7) is 26.2. The molecule has 5 heteroatoms. The van der Waals surface area contributed by atoms with Gasteiger partial charge in [-0.2, -0.15) is 0 Å². The number of anilines is 2. The molecule has 0 atom stereocenters. The summed E-state index contributed by atoms with van der Waals surface area (Å²) in [6.07, 6.45) is 0. The predicted molar refractivity (Wildman–Crippen MR) is 263 cm³/mol. The lowest BCUT2D eigenvalue weighted by Crippen LogP contribution is -2.69. The maximum atomic E-state index is 2.83. The quantitative estimate of drug-likeness (QED) is 0.153. The first-order valence-electron chi connectivity index (χ1n) is 22.1. The second-order valence-electron chi connectivity index (χ2n) is 21.5. The van der Waals surface area contributed by atoms with E-state index in [9.17, 15) is 0 Å². The van der Waals surface area contributed by atoms with Crippen LogP contribution < -0.4 is 32.1 Å². The van der Waals surface area contributed by atoms with Crippen LogP contribution in [0.4, 0.5) is 11.4 Å². The first-order chi connectivity index (χ1) is 28.5. The number of rotatable bonds is 1. The van der Waals surface area contributed by atoms with Gasteiger partial charge in [0.05, 0.1) is 0 Å². The van der Waals surface area contributed by atoms with Gasteiger partial charge < -0.3 is 9.38 Å². The average molecular weight is 795 g/mol. The van der Waals surface area contributed by atoms with Crippen molar-refractivity contribution >= 4 is 96.6 Å². The molecule has 0 aliphatic carbocycles. The molecule has 5 heterocycles. The van der Waals surface area contributed by atoms with Gasteiger partial charge >= 0.3 is 6.85 Å². The fraction of sp³-hybridized carbons (Fsp3) is 0.273. The number of fused-ring (bicyclic) bond motifs is 14. The second-order valence-corrected chi connectivity index (χ2v) is 22.6. The normalized spacial score (nSPS) is 14.9. The van der Waals surface area contributed by atoms with E-state index in [-0.39, 0.29) is 29.8 Å². The minimum absolute atomic E-state index is 0.0144. The summed E-state index contributed by atoms with van der Waals surface area (Å²) < 4.78 is 2.61. The highest BCUT2D eigenvalue weighted by molar-refractivity contribution is 8.00. The zero-order valence-corrected chi connectivity index (χ0v) is 37.7. The van der Waals surface area contributed by atoms with Crippen LogP contribution in [0.1, 0.15) is 98.9 Å². The van der Waals surface area contributed by atoms with Crippen LogP contribution >= 0.6 is 11.8 Å². The highest BCUT2D eigenvalue weighted by Crippen LogP contribution is 2.52. The molecule has 12 rings (SSSR count). The van der Waals surface area contributed by atoms with E-state index >= 15 is 0 Å². The van der Waals surface area contributed by atoms with E-state index in [0.29, 0.717) is 6.04 Å². The van der Waals surface area contributed by atoms with Crippen molar-refractivity contribution in [2.75, 3.05) is 4.81 Å². The molecule has 4 aliphatic heterocycles. The van der Waals surface area contributed by atoms with Crippen LogP contribution in [0.5, 0.6) is 0 Å². The Labute approximate surface area is 360 Å². The van der Waals surface area contributed by atoms with Crippen LogP contribution in [-0.2, 0) is 16.2 Å². The smallest absolute Gasteiger partial charge is 0.329 e.